The van der Waals surface area contributed by atoms with Gasteiger partial charge in [-0.1, -0.05) is 19.3 Å². The first-order valence-corrected chi connectivity index (χ1v) is 9.55. The zero-order chi connectivity index (χ0) is 15.8. The van der Waals surface area contributed by atoms with Gasteiger partial charge in [-0.05, 0) is 19.8 Å². The third-order valence-electron chi connectivity index (χ3n) is 4.39. The van der Waals surface area contributed by atoms with Crippen molar-refractivity contribution < 1.29 is 4.79 Å². The molecule has 1 saturated carbocycles. The van der Waals surface area contributed by atoms with Crippen LogP contribution in [0.5, 0.6) is 0 Å². The van der Waals surface area contributed by atoms with Crippen LogP contribution in [0.1, 0.15) is 46.0 Å². The predicted octanol–water partition coefficient (Wildman–Crippen LogP) is 2.46. The minimum absolute atomic E-state index is 0. The van der Waals surface area contributed by atoms with E-state index >= 15 is 0 Å². The molecular weight excluding hydrogens is 423 g/mol. The monoisotopic (exact) mass is 454 g/mol. The summed E-state index contributed by atoms with van der Waals surface area (Å²) < 4.78 is 0.449. The van der Waals surface area contributed by atoms with E-state index < -0.39 is 0 Å². The van der Waals surface area contributed by atoms with Gasteiger partial charge >= 0.3 is 0 Å². The van der Waals surface area contributed by atoms with Crippen molar-refractivity contribution in [1.82, 2.24) is 15.5 Å². The summed E-state index contributed by atoms with van der Waals surface area (Å²) in [5.74, 6) is 2.21. The standard InChI is InChI=1S/C16H30N4OS.HI/c1-3-17-15(19-10-9-18-14(2)21)20-11-12-22-16(13-20)7-5-4-6-8-16;/h3-13H2,1-2H3,(H,17,19)(H,18,21);1H. The number of rotatable bonds is 4. The minimum Gasteiger partial charge on any atom is -0.357 e. The molecule has 1 saturated heterocycles. The first kappa shape index (κ1) is 20.9. The molecule has 2 rings (SSSR count). The average molecular weight is 454 g/mol. The van der Waals surface area contributed by atoms with Gasteiger partial charge in [0.2, 0.25) is 5.91 Å². The van der Waals surface area contributed by atoms with E-state index in [1.54, 1.807) is 6.92 Å². The molecule has 0 bridgehead atoms. The van der Waals surface area contributed by atoms with Crippen molar-refractivity contribution in [2.75, 3.05) is 38.5 Å². The van der Waals surface area contributed by atoms with Crippen molar-refractivity contribution in [2.45, 2.75) is 50.7 Å². The van der Waals surface area contributed by atoms with E-state index in [-0.39, 0.29) is 29.9 Å². The van der Waals surface area contributed by atoms with Gasteiger partial charge in [-0.25, -0.2) is 0 Å². The fourth-order valence-electron chi connectivity index (χ4n) is 3.34. The molecule has 0 aromatic heterocycles. The third-order valence-corrected chi connectivity index (χ3v) is 5.93. The Labute approximate surface area is 161 Å². The van der Waals surface area contributed by atoms with Crippen LogP contribution >= 0.6 is 35.7 Å². The Balaban J connectivity index is 0.00000264. The van der Waals surface area contributed by atoms with Crippen LogP contribution in [-0.2, 0) is 4.79 Å². The molecule has 1 heterocycles. The van der Waals surface area contributed by atoms with Gasteiger partial charge in [-0.3, -0.25) is 9.79 Å². The maximum Gasteiger partial charge on any atom is 0.216 e. The summed E-state index contributed by atoms with van der Waals surface area (Å²) in [5.41, 5.74) is 0. The van der Waals surface area contributed by atoms with Gasteiger partial charge in [0.05, 0.1) is 6.54 Å². The number of nitrogens with one attached hydrogen (secondary N) is 2. The van der Waals surface area contributed by atoms with Crippen LogP contribution < -0.4 is 10.6 Å². The highest BCUT2D eigenvalue weighted by atomic mass is 127. The average Bonchev–Trinajstić information content (AvgIpc) is 2.51. The SMILES string of the molecule is CCNC(=NCCNC(C)=O)N1CCSC2(CCCCC2)C1.I. The molecule has 0 atom stereocenters. The van der Waals surface area contributed by atoms with E-state index in [1.807, 2.05) is 0 Å². The molecule has 1 aliphatic carbocycles. The van der Waals surface area contributed by atoms with Crippen molar-refractivity contribution >= 4 is 47.6 Å². The second-order valence-corrected chi connectivity index (χ2v) is 7.80. The van der Waals surface area contributed by atoms with Crippen LogP contribution in [0.3, 0.4) is 0 Å². The number of amides is 1. The van der Waals surface area contributed by atoms with Crippen molar-refractivity contribution in [2.24, 2.45) is 4.99 Å². The number of carbonyl (C=O) groups is 1. The summed E-state index contributed by atoms with van der Waals surface area (Å²) in [5, 5.41) is 6.22. The number of carbonyl (C=O) groups excluding carboxylic acids is 1. The van der Waals surface area contributed by atoms with Crippen LogP contribution in [0.25, 0.3) is 0 Å². The molecule has 0 aromatic carbocycles. The molecular formula is C16H31IN4OS. The molecule has 7 heteroatoms. The highest BCUT2D eigenvalue weighted by molar-refractivity contribution is 14.0. The molecule has 5 nitrogen and oxygen atoms in total. The van der Waals surface area contributed by atoms with E-state index in [4.69, 9.17) is 4.99 Å². The Kier molecular flexibility index (Phi) is 9.65. The first-order valence-electron chi connectivity index (χ1n) is 8.57. The summed E-state index contributed by atoms with van der Waals surface area (Å²) in [6.07, 6.45) is 6.83. The topological polar surface area (TPSA) is 56.7 Å². The fraction of sp³-hybridized carbons (Fsp3) is 0.875. The van der Waals surface area contributed by atoms with Crippen molar-refractivity contribution in [1.29, 1.82) is 0 Å². The summed E-state index contributed by atoms with van der Waals surface area (Å²) in [6, 6.07) is 0. The third kappa shape index (κ3) is 6.68. The molecule has 134 valence electrons. The van der Waals surface area contributed by atoms with Gasteiger partial charge in [0.15, 0.2) is 5.96 Å². The van der Waals surface area contributed by atoms with E-state index in [0.717, 1.165) is 25.6 Å². The maximum atomic E-state index is 10.9. The summed E-state index contributed by atoms with van der Waals surface area (Å²) in [7, 11) is 0. The normalized spacial score (nSPS) is 20.8. The number of hydrogen-bond donors (Lipinski definition) is 2. The van der Waals surface area contributed by atoms with Gasteiger partial charge < -0.3 is 15.5 Å². The van der Waals surface area contributed by atoms with Crippen LogP contribution in [-0.4, -0.2) is 60.0 Å². The second kappa shape index (κ2) is 10.6. The van der Waals surface area contributed by atoms with Crippen LogP contribution in [0, 0.1) is 0 Å². The Morgan fingerprint density at radius 3 is 2.65 bits per heavy atom. The molecule has 23 heavy (non-hydrogen) atoms. The van der Waals surface area contributed by atoms with E-state index in [2.05, 4.69) is 34.2 Å². The van der Waals surface area contributed by atoms with E-state index in [9.17, 15) is 4.79 Å². The minimum atomic E-state index is 0. The van der Waals surface area contributed by atoms with Crippen LogP contribution in [0.4, 0.5) is 0 Å². The van der Waals surface area contributed by atoms with Gasteiger partial charge in [-0.2, -0.15) is 11.8 Å². The number of hydrogen-bond acceptors (Lipinski definition) is 3. The number of nitrogens with zero attached hydrogens (tertiary/aromatic N) is 2. The highest BCUT2D eigenvalue weighted by Gasteiger charge is 2.38. The lowest BCUT2D eigenvalue weighted by molar-refractivity contribution is -0.118. The smallest absolute Gasteiger partial charge is 0.216 e. The molecule has 2 fully saturated rings. The number of guanidine groups is 1. The molecule has 1 aliphatic heterocycles. The summed E-state index contributed by atoms with van der Waals surface area (Å²) in [4.78, 5) is 18.1. The quantitative estimate of drug-likeness (QED) is 0.297. The van der Waals surface area contributed by atoms with E-state index in [1.165, 1.54) is 37.9 Å². The van der Waals surface area contributed by atoms with Crippen molar-refractivity contribution in [3.05, 3.63) is 0 Å². The summed E-state index contributed by atoms with van der Waals surface area (Å²) in [6.45, 7) is 7.97. The summed E-state index contributed by atoms with van der Waals surface area (Å²) >= 11 is 2.18. The zero-order valence-electron chi connectivity index (χ0n) is 14.4. The Hall–Kier alpha value is -0.180. The molecule has 0 radical (unpaired) electrons. The van der Waals surface area contributed by atoms with E-state index in [0.29, 0.717) is 17.8 Å². The van der Waals surface area contributed by atoms with Gasteiger partial charge in [0, 0.05) is 43.6 Å². The molecule has 0 aromatic rings. The van der Waals surface area contributed by atoms with Gasteiger partial charge in [-0.15, -0.1) is 24.0 Å². The lowest BCUT2D eigenvalue weighted by atomic mass is 9.87. The highest BCUT2D eigenvalue weighted by Crippen LogP contribution is 2.42. The fourth-order valence-corrected chi connectivity index (χ4v) is 4.91. The second-order valence-electron chi connectivity index (χ2n) is 6.23. The number of thioether (sulfide) groups is 1. The largest absolute Gasteiger partial charge is 0.357 e. The first-order chi connectivity index (χ1) is 10.7. The Morgan fingerprint density at radius 1 is 1.26 bits per heavy atom. The molecule has 1 spiro atoms. The molecule has 0 unspecified atom stereocenters. The van der Waals surface area contributed by atoms with Gasteiger partial charge in [0.1, 0.15) is 0 Å². The molecule has 1 amide bonds. The Bertz CT molecular complexity index is 394. The van der Waals surface area contributed by atoms with Gasteiger partial charge in [0.25, 0.3) is 0 Å². The predicted molar refractivity (Wildman–Crippen MR) is 110 cm³/mol. The Morgan fingerprint density at radius 2 is 2.00 bits per heavy atom. The molecule has 2 N–H and O–H groups in total. The number of aliphatic imine (C=N–C) groups is 1. The van der Waals surface area contributed by atoms with Crippen LogP contribution in [0.2, 0.25) is 0 Å². The van der Waals surface area contributed by atoms with Crippen molar-refractivity contribution in [3.63, 3.8) is 0 Å². The number of halogens is 1. The van der Waals surface area contributed by atoms with Crippen LogP contribution in [0.15, 0.2) is 4.99 Å². The molecule has 2 aliphatic rings. The zero-order valence-corrected chi connectivity index (χ0v) is 17.5. The maximum absolute atomic E-state index is 10.9. The lowest BCUT2D eigenvalue weighted by Crippen LogP contribution is -2.53. The van der Waals surface area contributed by atoms with Crippen molar-refractivity contribution in [3.8, 4) is 0 Å². The lowest BCUT2D eigenvalue weighted by Gasteiger charge is -2.45.